The van der Waals surface area contributed by atoms with Gasteiger partial charge in [-0.25, -0.2) is 0 Å². The number of nitrogens with zero attached hydrogens (tertiary/aromatic N) is 2. The smallest absolute Gasteiger partial charge is 0.308 e. The second kappa shape index (κ2) is 6.31. The highest BCUT2D eigenvalue weighted by atomic mass is 16.4. The Balaban J connectivity index is 1.84. The van der Waals surface area contributed by atoms with Gasteiger partial charge in [0.2, 0.25) is 5.91 Å². The summed E-state index contributed by atoms with van der Waals surface area (Å²) in [7, 11) is 0. The maximum Gasteiger partial charge on any atom is 0.308 e. The van der Waals surface area contributed by atoms with Crippen molar-refractivity contribution in [3.63, 3.8) is 0 Å². The molecule has 102 valence electrons. The number of aryl methyl sites for hydroxylation is 1. The van der Waals surface area contributed by atoms with Gasteiger partial charge in [0.15, 0.2) is 0 Å². The number of aromatic nitrogens is 1. The monoisotopic (exact) mass is 262 g/mol. The molecule has 1 saturated heterocycles. The van der Waals surface area contributed by atoms with Gasteiger partial charge in [-0.2, -0.15) is 0 Å². The Morgan fingerprint density at radius 2 is 2.26 bits per heavy atom. The Morgan fingerprint density at radius 1 is 1.42 bits per heavy atom. The number of rotatable bonds is 4. The van der Waals surface area contributed by atoms with E-state index >= 15 is 0 Å². The molecule has 0 aliphatic carbocycles. The molecule has 1 aliphatic heterocycles. The molecule has 1 aliphatic rings. The largest absolute Gasteiger partial charge is 0.481 e. The molecule has 0 saturated carbocycles. The third-order valence-electron chi connectivity index (χ3n) is 3.44. The van der Waals surface area contributed by atoms with Crippen molar-refractivity contribution >= 4 is 11.9 Å². The predicted molar refractivity (Wildman–Crippen MR) is 69.5 cm³/mol. The minimum atomic E-state index is -0.803. The van der Waals surface area contributed by atoms with Gasteiger partial charge in [-0.05, 0) is 31.4 Å². The van der Waals surface area contributed by atoms with E-state index in [1.165, 1.54) is 0 Å². The summed E-state index contributed by atoms with van der Waals surface area (Å²) in [6.45, 7) is 1.02. The summed E-state index contributed by atoms with van der Waals surface area (Å²) in [4.78, 5) is 28.8. The summed E-state index contributed by atoms with van der Waals surface area (Å²) >= 11 is 0. The average Bonchev–Trinajstić information content (AvgIpc) is 2.46. The fourth-order valence-corrected chi connectivity index (χ4v) is 2.34. The maximum absolute atomic E-state index is 12.0. The fourth-order valence-electron chi connectivity index (χ4n) is 2.34. The van der Waals surface area contributed by atoms with E-state index in [9.17, 15) is 9.59 Å². The van der Waals surface area contributed by atoms with E-state index in [0.29, 0.717) is 32.4 Å². The van der Waals surface area contributed by atoms with Crippen LogP contribution in [0.2, 0.25) is 0 Å². The normalized spacial score (nSPS) is 19.2. The second-order valence-electron chi connectivity index (χ2n) is 4.84. The van der Waals surface area contributed by atoms with Crippen LogP contribution in [0.4, 0.5) is 0 Å². The number of carbonyl (C=O) groups is 2. The summed E-state index contributed by atoms with van der Waals surface area (Å²) in [5, 5.41) is 9.00. The van der Waals surface area contributed by atoms with Crippen molar-refractivity contribution in [3.8, 4) is 0 Å². The van der Waals surface area contributed by atoms with Gasteiger partial charge in [-0.3, -0.25) is 14.6 Å². The molecule has 1 fully saturated rings. The highest BCUT2D eigenvalue weighted by Gasteiger charge is 2.27. The van der Waals surface area contributed by atoms with Gasteiger partial charge in [0.05, 0.1) is 5.92 Å². The van der Waals surface area contributed by atoms with E-state index in [-0.39, 0.29) is 5.91 Å². The lowest BCUT2D eigenvalue weighted by Gasteiger charge is -2.30. The van der Waals surface area contributed by atoms with Gasteiger partial charge in [0.25, 0.3) is 0 Å². The summed E-state index contributed by atoms with van der Waals surface area (Å²) in [6, 6.07) is 5.63. The zero-order chi connectivity index (χ0) is 13.7. The second-order valence-corrected chi connectivity index (χ2v) is 4.84. The number of likely N-dealkylation sites (tertiary alicyclic amines) is 1. The molecule has 0 spiro atoms. The number of pyridine rings is 1. The first-order valence-electron chi connectivity index (χ1n) is 6.57. The summed E-state index contributed by atoms with van der Waals surface area (Å²) in [5.74, 6) is -1.19. The molecule has 1 amide bonds. The van der Waals surface area contributed by atoms with Crippen LogP contribution in [0.1, 0.15) is 25.0 Å². The molecule has 5 nitrogen and oxygen atoms in total. The van der Waals surface area contributed by atoms with Gasteiger partial charge in [-0.1, -0.05) is 6.07 Å². The van der Waals surface area contributed by atoms with Gasteiger partial charge >= 0.3 is 5.97 Å². The maximum atomic E-state index is 12.0. The van der Waals surface area contributed by atoms with Crippen LogP contribution in [0, 0.1) is 5.92 Å². The molecule has 0 aromatic carbocycles. The van der Waals surface area contributed by atoms with Crippen LogP contribution in [-0.4, -0.2) is 40.0 Å². The van der Waals surface area contributed by atoms with Crippen LogP contribution >= 0.6 is 0 Å². The van der Waals surface area contributed by atoms with Crippen LogP contribution in [0.25, 0.3) is 0 Å². The lowest BCUT2D eigenvalue weighted by molar-refractivity contribution is -0.145. The van der Waals surface area contributed by atoms with Crippen molar-refractivity contribution in [1.82, 2.24) is 9.88 Å². The van der Waals surface area contributed by atoms with E-state index in [0.717, 1.165) is 12.1 Å². The topological polar surface area (TPSA) is 70.5 Å². The Kier molecular flexibility index (Phi) is 4.49. The third kappa shape index (κ3) is 3.77. The van der Waals surface area contributed by atoms with Crippen molar-refractivity contribution < 1.29 is 14.7 Å². The van der Waals surface area contributed by atoms with Crippen molar-refractivity contribution in [2.24, 2.45) is 5.92 Å². The van der Waals surface area contributed by atoms with E-state index in [1.807, 2.05) is 18.2 Å². The molecule has 2 heterocycles. The van der Waals surface area contributed by atoms with E-state index in [4.69, 9.17) is 5.11 Å². The number of carbonyl (C=O) groups excluding carboxylic acids is 1. The zero-order valence-corrected chi connectivity index (χ0v) is 10.8. The minimum Gasteiger partial charge on any atom is -0.481 e. The molecule has 1 aromatic rings. The van der Waals surface area contributed by atoms with Gasteiger partial charge in [0.1, 0.15) is 0 Å². The molecule has 0 bridgehead atoms. The fraction of sp³-hybridized carbons (Fsp3) is 0.500. The zero-order valence-electron chi connectivity index (χ0n) is 10.8. The molecule has 1 atom stereocenters. The van der Waals surface area contributed by atoms with E-state index in [1.54, 1.807) is 11.1 Å². The molecular weight excluding hydrogens is 244 g/mol. The standard InChI is InChI=1S/C14H18N2O3/c17-13(7-6-12-5-1-2-8-15-12)16-9-3-4-11(10-16)14(18)19/h1-2,5,8,11H,3-4,6-7,9-10H2,(H,18,19)/t11-/m1/s1. The van der Waals surface area contributed by atoms with Gasteiger partial charge < -0.3 is 10.0 Å². The third-order valence-corrected chi connectivity index (χ3v) is 3.44. The molecule has 19 heavy (non-hydrogen) atoms. The molecule has 1 N–H and O–H groups in total. The van der Waals surface area contributed by atoms with Crippen molar-refractivity contribution in [2.45, 2.75) is 25.7 Å². The highest BCUT2D eigenvalue weighted by molar-refractivity contribution is 5.78. The molecule has 0 unspecified atom stereocenters. The highest BCUT2D eigenvalue weighted by Crippen LogP contribution is 2.17. The molecule has 1 aromatic heterocycles. The van der Waals surface area contributed by atoms with E-state index in [2.05, 4.69) is 4.98 Å². The van der Waals surface area contributed by atoms with Crippen LogP contribution < -0.4 is 0 Å². The van der Waals surface area contributed by atoms with Crippen LogP contribution in [0.5, 0.6) is 0 Å². The minimum absolute atomic E-state index is 0.0246. The lowest BCUT2D eigenvalue weighted by Crippen LogP contribution is -2.42. The lowest BCUT2D eigenvalue weighted by atomic mass is 9.98. The Labute approximate surface area is 112 Å². The van der Waals surface area contributed by atoms with Crippen LogP contribution in [-0.2, 0) is 16.0 Å². The van der Waals surface area contributed by atoms with Crippen LogP contribution in [0.15, 0.2) is 24.4 Å². The SMILES string of the molecule is O=C(O)[C@@H]1CCCN(C(=O)CCc2ccccn2)C1. The Hall–Kier alpha value is -1.91. The summed E-state index contributed by atoms with van der Waals surface area (Å²) in [6.07, 6.45) is 4.14. The summed E-state index contributed by atoms with van der Waals surface area (Å²) in [5.41, 5.74) is 0.891. The number of piperidine rings is 1. The van der Waals surface area contributed by atoms with Crippen LogP contribution in [0.3, 0.4) is 0 Å². The molecule has 0 radical (unpaired) electrons. The number of amides is 1. The average molecular weight is 262 g/mol. The number of hydrogen-bond acceptors (Lipinski definition) is 3. The van der Waals surface area contributed by atoms with Gasteiger partial charge in [0, 0.05) is 31.4 Å². The molecule has 5 heteroatoms. The molecule has 2 rings (SSSR count). The van der Waals surface area contributed by atoms with Gasteiger partial charge in [-0.15, -0.1) is 0 Å². The predicted octanol–water partition coefficient (Wildman–Crippen LogP) is 1.34. The Morgan fingerprint density at radius 3 is 2.95 bits per heavy atom. The molecular formula is C14H18N2O3. The first kappa shape index (κ1) is 13.5. The first-order chi connectivity index (χ1) is 9.16. The summed E-state index contributed by atoms with van der Waals surface area (Å²) < 4.78 is 0. The van der Waals surface area contributed by atoms with E-state index < -0.39 is 11.9 Å². The first-order valence-corrected chi connectivity index (χ1v) is 6.57. The number of carboxylic acid groups (broad SMARTS) is 1. The quantitative estimate of drug-likeness (QED) is 0.888. The Bertz CT molecular complexity index is 447. The van der Waals surface area contributed by atoms with Crippen molar-refractivity contribution in [3.05, 3.63) is 30.1 Å². The number of aliphatic carboxylic acids is 1. The van der Waals surface area contributed by atoms with Crippen molar-refractivity contribution in [1.29, 1.82) is 0 Å². The van der Waals surface area contributed by atoms with Crippen molar-refractivity contribution in [2.75, 3.05) is 13.1 Å². The number of carboxylic acids is 1. The number of hydrogen-bond donors (Lipinski definition) is 1.